The molecule has 0 saturated carbocycles. The molecule has 0 bridgehead atoms. The van der Waals surface area contributed by atoms with Gasteiger partial charge in [-0.25, -0.2) is 4.98 Å². The van der Waals surface area contributed by atoms with Crippen LogP contribution in [0.4, 0.5) is 0 Å². The number of fused-ring (bicyclic) bond motifs is 1. The summed E-state index contributed by atoms with van der Waals surface area (Å²) in [4.78, 5) is 15.3. The zero-order valence-electron chi connectivity index (χ0n) is 9.34. The first kappa shape index (κ1) is 10.1. The highest BCUT2D eigenvalue weighted by Crippen LogP contribution is 2.34. The highest BCUT2D eigenvalue weighted by atomic mass is 16.1. The van der Waals surface area contributed by atoms with Crippen LogP contribution in [0.15, 0.2) is 36.7 Å². The molecule has 1 heterocycles. The van der Waals surface area contributed by atoms with Gasteiger partial charge in [-0.2, -0.15) is 0 Å². The zero-order chi connectivity index (χ0) is 11.8. The second kappa shape index (κ2) is 3.73. The predicted octanol–water partition coefficient (Wildman–Crippen LogP) is 1.52. The highest BCUT2D eigenvalue weighted by molar-refractivity contribution is 5.89. The Morgan fingerprint density at radius 3 is 3.06 bits per heavy atom. The smallest absolute Gasteiger partial charge is 0.284 e. The monoisotopic (exact) mass is 227 g/mol. The van der Waals surface area contributed by atoms with Gasteiger partial charge in [0.15, 0.2) is 5.82 Å². The molecule has 0 aliphatic heterocycles. The summed E-state index contributed by atoms with van der Waals surface area (Å²) in [5, 5.41) is 0. The maximum Gasteiger partial charge on any atom is 0.284 e. The van der Waals surface area contributed by atoms with Gasteiger partial charge in [0, 0.05) is 12.4 Å². The number of amides is 1. The minimum atomic E-state index is -0.473. The van der Waals surface area contributed by atoms with Gasteiger partial charge in [-0.05, 0) is 24.0 Å². The molecule has 0 spiro atoms. The van der Waals surface area contributed by atoms with Crippen LogP contribution in [0.1, 0.15) is 34.2 Å². The standard InChI is InChI=1S/C13H13N3O/c14-12(17)13-15-7-8-16(13)11-6-5-9-3-1-2-4-10(9)11/h1-4,7-8,11H,5-6H2,(H2,14,17). The lowest BCUT2D eigenvalue weighted by Gasteiger charge is -2.15. The molecule has 1 amide bonds. The van der Waals surface area contributed by atoms with Crippen LogP contribution in [-0.2, 0) is 6.42 Å². The van der Waals surface area contributed by atoms with Crippen molar-refractivity contribution in [3.8, 4) is 0 Å². The van der Waals surface area contributed by atoms with Crippen molar-refractivity contribution in [3.63, 3.8) is 0 Å². The average Bonchev–Trinajstić information content (AvgIpc) is 2.94. The molecular formula is C13H13N3O. The van der Waals surface area contributed by atoms with E-state index in [-0.39, 0.29) is 6.04 Å². The van der Waals surface area contributed by atoms with Gasteiger partial charge in [-0.1, -0.05) is 24.3 Å². The van der Waals surface area contributed by atoms with Crippen molar-refractivity contribution in [2.24, 2.45) is 5.73 Å². The van der Waals surface area contributed by atoms with Crippen LogP contribution in [-0.4, -0.2) is 15.5 Å². The highest BCUT2D eigenvalue weighted by Gasteiger charge is 2.26. The molecule has 1 aliphatic rings. The molecule has 4 heteroatoms. The van der Waals surface area contributed by atoms with Crippen molar-refractivity contribution in [1.82, 2.24) is 9.55 Å². The number of hydrogen-bond donors (Lipinski definition) is 1. The second-order valence-electron chi connectivity index (χ2n) is 4.28. The Kier molecular flexibility index (Phi) is 2.21. The molecule has 0 radical (unpaired) electrons. The zero-order valence-corrected chi connectivity index (χ0v) is 9.34. The lowest BCUT2D eigenvalue weighted by atomic mass is 10.1. The average molecular weight is 227 g/mol. The third-order valence-corrected chi connectivity index (χ3v) is 3.33. The summed E-state index contributed by atoms with van der Waals surface area (Å²) < 4.78 is 1.88. The molecule has 0 saturated heterocycles. The molecule has 1 aromatic carbocycles. The number of carbonyl (C=O) groups is 1. The van der Waals surface area contributed by atoms with Crippen LogP contribution in [0.2, 0.25) is 0 Å². The van der Waals surface area contributed by atoms with Gasteiger partial charge >= 0.3 is 0 Å². The summed E-state index contributed by atoms with van der Waals surface area (Å²) in [6.45, 7) is 0. The van der Waals surface area contributed by atoms with Gasteiger partial charge in [-0.3, -0.25) is 4.79 Å². The Bertz CT molecular complexity index is 574. The fourth-order valence-electron chi connectivity index (χ4n) is 2.58. The molecule has 2 N–H and O–H groups in total. The topological polar surface area (TPSA) is 60.9 Å². The second-order valence-corrected chi connectivity index (χ2v) is 4.28. The number of primary amides is 1. The van der Waals surface area contributed by atoms with E-state index >= 15 is 0 Å². The van der Waals surface area contributed by atoms with Crippen LogP contribution in [0.5, 0.6) is 0 Å². The fraction of sp³-hybridized carbons (Fsp3) is 0.231. The summed E-state index contributed by atoms with van der Waals surface area (Å²) in [5.41, 5.74) is 7.94. The summed E-state index contributed by atoms with van der Waals surface area (Å²) in [6, 6.07) is 8.51. The van der Waals surface area contributed by atoms with E-state index in [2.05, 4.69) is 17.1 Å². The minimum absolute atomic E-state index is 0.191. The van der Waals surface area contributed by atoms with Crippen LogP contribution in [0, 0.1) is 0 Å². The van der Waals surface area contributed by atoms with Crippen molar-refractivity contribution in [2.75, 3.05) is 0 Å². The maximum atomic E-state index is 11.3. The molecule has 1 aromatic heterocycles. The number of aryl methyl sites for hydroxylation is 1. The summed E-state index contributed by atoms with van der Waals surface area (Å²) in [7, 11) is 0. The molecule has 17 heavy (non-hydrogen) atoms. The lowest BCUT2D eigenvalue weighted by molar-refractivity contribution is 0.0985. The lowest BCUT2D eigenvalue weighted by Crippen LogP contribution is -2.20. The molecular weight excluding hydrogens is 214 g/mol. The molecule has 86 valence electrons. The van der Waals surface area contributed by atoms with Crippen LogP contribution in [0.25, 0.3) is 0 Å². The van der Waals surface area contributed by atoms with E-state index < -0.39 is 5.91 Å². The van der Waals surface area contributed by atoms with Crippen molar-refractivity contribution < 1.29 is 4.79 Å². The van der Waals surface area contributed by atoms with Gasteiger partial charge in [0.05, 0.1) is 6.04 Å². The number of nitrogens with zero attached hydrogens (tertiary/aromatic N) is 2. The Hall–Kier alpha value is -2.10. The number of carbonyl (C=O) groups excluding carboxylic acids is 1. The summed E-state index contributed by atoms with van der Waals surface area (Å²) >= 11 is 0. The molecule has 4 nitrogen and oxygen atoms in total. The van der Waals surface area contributed by atoms with E-state index in [0.29, 0.717) is 5.82 Å². The molecule has 1 unspecified atom stereocenters. The SMILES string of the molecule is NC(=O)c1nccn1C1CCc2ccccc21. The van der Waals surface area contributed by atoms with Crippen LogP contribution < -0.4 is 5.73 Å². The first-order chi connectivity index (χ1) is 8.27. The molecule has 3 rings (SSSR count). The van der Waals surface area contributed by atoms with Crippen LogP contribution in [0.3, 0.4) is 0 Å². The first-order valence-electron chi connectivity index (χ1n) is 5.68. The quantitative estimate of drug-likeness (QED) is 0.845. The Morgan fingerprint density at radius 2 is 2.24 bits per heavy atom. The summed E-state index contributed by atoms with van der Waals surface area (Å²) in [5.74, 6) is -0.133. The summed E-state index contributed by atoms with van der Waals surface area (Å²) in [6.07, 6.45) is 5.49. The number of aromatic nitrogens is 2. The Balaban J connectivity index is 2.07. The minimum Gasteiger partial charge on any atom is -0.363 e. The third kappa shape index (κ3) is 1.53. The van der Waals surface area contributed by atoms with E-state index in [1.807, 2.05) is 22.9 Å². The van der Waals surface area contributed by atoms with E-state index in [4.69, 9.17) is 5.73 Å². The largest absolute Gasteiger partial charge is 0.363 e. The van der Waals surface area contributed by atoms with Gasteiger partial charge in [0.1, 0.15) is 0 Å². The number of hydrogen-bond acceptors (Lipinski definition) is 2. The Labute approximate surface area is 99.1 Å². The van der Waals surface area contributed by atoms with E-state index in [1.54, 1.807) is 6.20 Å². The van der Waals surface area contributed by atoms with E-state index in [1.165, 1.54) is 11.1 Å². The fourth-order valence-corrected chi connectivity index (χ4v) is 2.58. The normalized spacial score (nSPS) is 18.0. The van der Waals surface area contributed by atoms with Gasteiger partial charge in [-0.15, -0.1) is 0 Å². The molecule has 1 aliphatic carbocycles. The third-order valence-electron chi connectivity index (χ3n) is 3.33. The number of imidazole rings is 1. The number of benzene rings is 1. The van der Waals surface area contributed by atoms with Gasteiger partial charge < -0.3 is 10.3 Å². The van der Waals surface area contributed by atoms with E-state index in [0.717, 1.165) is 12.8 Å². The number of rotatable bonds is 2. The first-order valence-corrected chi connectivity index (χ1v) is 5.68. The predicted molar refractivity (Wildman–Crippen MR) is 63.6 cm³/mol. The van der Waals surface area contributed by atoms with Gasteiger partial charge in [0.25, 0.3) is 5.91 Å². The maximum absolute atomic E-state index is 11.3. The molecule has 0 fully saturated rings. The van der Waals surface area contributed by atoms with Crippen LogP contribution >= 0.6 is 0 Å². The molecule has 2 aromatic rings. The van der Waals surface area contributed by atoms with Crippen molar-refractivity contribution in [3.05, 3.63) is 53.6 Å². The van der Waals surface area contributed by atoms with Crippen molar-refractivity contribution in [2.45, 2.75) is 18.9 Å². The Morgan fingerprint density at radius 1 is 1.41 bits per heavy atom. The van der Waals surface area contributed by atoms with Crippen molar-refractivity contribution in [1.29, 1.82) is 0 Å². The molecule has 1 atom stereocenters. The van der Waals surface area contributed by atoms with Crippen molar-refractivity contribution >= 4 is 5.91 Å². The number of nitrogens with two attached hydrogens (primary N) is 1. The van der Waals surface area contributed by atoms with Gasteiger partial charge in [0.2, 0.25) is 0 Å². The van der Waals surface area contributed by atoms with E-state index in [9.17, 15) is 4.79 Å².